The van der Waals surface area contributed by atoms with Gasteiger partial charge in [0.05, 0.1) is 12.3 Å². The summed E-state index contributed by atoms with van der Waals surface area (Å²) >= 11 is 0. The molecule has 0 bridgehead atoms. The van der Waals surface area contributed by atoms with Gasteiger partial charge in [0.2, 0.25) is 0 Å². The van der Waals surface area contributed by atoms with E-state index in [1.165, 1.54) is 31.5 Å². The summed E-state index contributed by atoms with van der Waals surface area (Å²) < 4.78 is 5.48. The molecule has 1 saturated heterocycles. The van der Waals surface area contributed by atoms with Crippen LogP contribution in [0.1, 0.15) is 43.2 Å². The van der Waals surface area contributed by atoms with E-state index < -0.39 is 0 Å². The van der Waals surface area contributed by atoms with Gasteiger partial charge in [-0.15, -0.1) is 0 Å². The molecule has 3 heteroatoms. The van der Waals surface area contributed by atoms with Crippen LogP contribution in [0.15, 0.2) is 53.1 Å². The average Bonchev–Trinajstić information content (AvgIpc) is 3.22. The van der Waals surface area contributed by atoms with E-state index in [-0.39, 0.29) is 6.04 Å². The minimum absolute atomic E-state index is 0.244. The van der Waals surface area contributed by atoms with Crippen molar-refractivity contribution < 1.29 is 4.42 Å². The molecule has 2 atom stereocenters. The van der Waals surface area contributed by atoms with E-state index >= 15 is 0 Å². The monoisotopic (exact) mass is 284 g/mol. The minimum atomic E-state index is 0.244. The lowest BCUT2D eigenvalue weighted by Crippen LogP contribution is -2.35. The van der Waals surface area contributed by atoms with Crippen molar-refractivity contribution in [3.63, 3.8) is 0 Å². The highest BCUT2D eigenvalue weighted by atomic mass is 16.3. The van der Waals surface area contributed by atoms with Crippen LogP contribution in [-0.4, -0.2) is 24.5 Å². The van der Waals surface area contributed by atoms with Crippen LogP contribution in [0.4, 0.5) is 0 Å². The van der Waals surface area contributed by atoms with Crippen LogP contribution in [0.2, 0.25) is 0 Å². The first kappa shape index (κ1) is 14.4. The van der Waals surface area contributed by atoms with Crippen molar-refractivity contribution in [1.29, 1.82) is 0 Å². The van der Waals surface area contributed by atoms with Gasteiger partial charge >= 0.3 is 0 Å². The van der Waals surface area contributed by atoms with Gasteiger partial charge in [0, 0.05) is 12.6 Å². The fourth-order valence-corrected chi connectivity index (χ4v) is 3.11. The molecule has 2 unspecified atom stereocenters. The molecule has 2 aromatic rings. The Hall–Kier alpha value is -1.58. The van der Waals surface area contributed by atoms with Crippen molar-refractivity contribution in [3.05, 3.63) is 60.1 Å². The summed E-state index contributed by atoms with van der Waals surface area (Å²) in [6, 6.07) is 15.5. The highest BCUT2D eigenvalue weighted by molar-refractivity contribution is 5.20. The Labute approximate surface area is 127 Å². The molecular weight excluding hydrogens is 260 g/mol. The van der Waals surface area contributed by atoms with Gasteiger partial charge in [0.25, 0.3) is 0 Å². The van der Waals surface area contributed by atoms with Gasteiger partial charge in [-0.2, -0.15) is 0 Å². The Morgan fingerprint density at radius 1 is 1.10 bits per heavy atom. The SMILES string of the molecule is CC(NCC(c1ccccc1)N1CCCC1)c1ccco1. The van der Waals surface area contributed by atoms with Crippen molar-refractivity contribution in [1.82, 2.24) is 10.2 Å². The first-order valence-electron chi connectivity index (χ1n) is 7.90. The fraction of sp³-hybridized carbons (Fsp3) is 0.444. The molecule has 1 aliphatic heterocycles. The van der Waals surface area contributed by atoms with Crippen LogP contribution >= 0.6 is 0 Å². The molecule has 0 saturated carbocycles. The number of benzene rings is 1. The summed E-state index contributed by atoms with van der Waals surface area (Å²) in [5.41, 5.74) is 1.40. The Morgan fingerprint density at radius 3 is 2.52 bits per heavy atom. The van der Waals surface area contributed by atoms with E-state index in [1.54, 1.807) is 6.26 Å². The van der Waals surface area contributed by atoms with E-state index in [0.717, 1.165) is 12.3 Å². The number of furan rings is 1. The van der Waals surface area contributed by atoms with Crippen molar-refractivity contribution in [2.75, 3.05) is 19.6 Å². The van der Waals surface area contributed by atoms with E-state index in [0.29, 0.717) is 6.04 Å². The normalized spacial score (nSPS) is 18.7. The molecule has 3 nitrogen and oxygen atoms in total. The Bertz CT molecular complexity index is 517. The number of nitrogens with zero attached hydrogens (tertiary/aromatic N) is 1. The third-order valence-electron chi connectivity index (χ3n) is 4.35. The van der Waals surface area contributed by atoms with Crippen LogP contribution in [0, 0.1) is 0 Å². The first-order valence-corrected chi connectivity index (χ1v) is 7.90. The van der Waals surface area contributed by atoms with E-state index in [9.17, 15) is 0 Å². The summed E-state index contributed by atoms with van der Waals surface area (Å²) in [5, 5.41) is 3.63. The van der Waals surface area contributed by atoms with Gasteiger partial charge in [-0.05, 0) is 50.6 Å². The summed E-state index contributed by atoms with van der Waals surface area (Å²) in [5.74, 6) is 1.00. The zero-order valence-corrected chi connectivity index (χ0v) is 12.7. The largest absolute Gasteiger partial charge is 0.468 e. The zero-order chi connectivity index (χ0) is 14.5. The molecule has 1 aliphatic rings. The van der Waals surface area contributed by atoms with Crippen LogP contribution in [-0.2, 0) is 0 Å². The van der Waals surface area contributed by atoms with E-state index in [1.807, 2.05) is 12.1 Å². The van der Waals surface area contributed by atoms with Gasteiger partial charge in [0.15, 0.2) is 0 Å². The summed E-state index contributed by atoms with van der Waals surface area (Å²) in [7, 11) is 0. The number of rotatable bonds is 6. The molecular formula is C18H24N2O. The third-order valence-corrected chi connectivity index (χ3v) is 4.35. The summed E-state index contributed by atoms with van der Waals surface area (Å²) in [6.45, 7) is 5.52. The predicted molar refractivity (Wildman–Crippen MR) is 85.1 cm³/mol. The Morgan fingerprint density at radius 2 is 1.86 bits per heavy atom. The standard InChI is InChI=1S/C18H24N2O/c1-15(18-10-7-13-21-18)19-14-17(20-11-5-6-12-20)16-8-3-2-4-9-16/h2-4,7-10,13,15,17,19H,5-6,11-12,14H2,1H3. The maximum atomic E-state index is 5.48. The molecule has 21 heavy (non-hydrogen) atoms. The minimum Gasteiger partial charge on any atom is -0.468 e. The second-order valence-corrected chi connectivity index (χ2v) is 5.81. The van der Waals surface area contributed by atoms with E-state index in [4.69, 9.17) is 4.42 Å². The number of hydrogen-bond donors (Lipinski definition) is 1. The van der Waals surface area contributed by atoms with Crippen molar-refractivity contribution >= 4 is 0 Å². The maximum Gasteiger partial charge on any atom is 0.120 e. The average molecular weight is 284 g/mol. The van der Waals surface area contributed by atoms with E-state index in [2.05, 4.69) is 47.5 Å². The number of nitrogens with one attached hydrogen (secondary N) is 1. The first-order chi connectivity index (χ1) is 10.3. The second kappa shape index (κ2) is 6.92. The van der Waals surface area contributed by atoms with Crippen molar-refractivity contribution in [2.24, 2.45) is 0 Å². The molecule has 1 aromatic heterocycles. The quantitative estimate of drug-likeness (QED) is 0.875. The molecule has 0 spiro atoms. The molecule has 0 amide bonds. The molecule has 1 N–H and O–H groups in total. The number of likely N-dealkylation sites (tertiary alicyclic amines) is 1. The van der Waals surface area contributed by atoms with Gasteiger partial charge in [-0.3, -0.25) is 4.90 Å². The third kappa shape index (κ3) is 3.55. The lowest BCUT2D eigenvalue weighted by Gasteiger charge is -2.29. The summed E-state index contributed by atoms with van der Waals surface area (Å²) in [6.07, 6.45) is 4.37. The highest BCUT2D eigenvalue weighted by Crippen LogP contribution is 2.25. The Kier molecular flexibility index (Phi) is 4.73. The Balaban J connectivity index is 1.67. The smallest absolute Gasteiger partial charge is 0.120 e. The van der Waals surface area contributed by atoms with Crippen LogP contribution in [0.3, 0.4) is 0 Å². The van der Waals surface area contributed by atoms with Crippen LogP contribution in [0.25, 0.3) is 0 Å². The van der Waals surface area contributed by atoms with Crippen LogP contribution in [0.5, 0.6) is 0 Å². The molecule has 0 radical (unpaired) electrons. The molecule has 1 fully saturated rings. The van der Waals surface area contributed by atoms with Crippen molar-refractivity contribution in [3.8, 4) is 0 Å². The van der Waals surface area contributed by atoms with Crippen LogP contribution < -0.4 is 5.32 Å². The highest BCUT2D eigenvalue weighted by Gasteiger charge is 2.23. The number of hydrogen-bond acceptors (Lipinski definition) is 3. The summed E-state index contributed by atoms with van der Waals surface area (Å²) in [4.78, 5) is 2.59. The predicted octanol–water partition coefficient (Wildman–Crippen LogP) is 3.77. The fourth-order valence-electron chi connectivity index (χ4n) is 3.11. The molecule has 112 valence electrons. The molecule has 1 aromatic carbocycles. The molecule has 0 aliphatic carbocycles. The molecule has 2 heterocycles. The zero-order valence-electron chi connectivity index (χ0n) is 12.7. The maximum absolute atomic E-state index is 5.48. The van der Waals surface area contributed by atoms with Gasteiger partial charge in [-0.1, -0.05) is 30.3 Å². The second-order valence-electron chi connectivity index (χ2n) is 5.81. The topological polar surface area (TPSA) is 28.4 Å². The van der Waals surface area contributed by atoms with Crippen molar-refractivity contribution in [2.45, 2.75) is 31.8 Å². The molecule has 3 rings (SSSR count). The van der Waals surface area contributed by atoms with Gasteiger partial charge in [-0.25, -0.2) is 0 Å². The lowest BCUT2D eigenvalue weighted by atomic mass is 10.1. The van der Waals surface area contributed by atoms with Gasteiger partial charge < -0.3 is 9.73 Å². The lowest BCUT2D eigenvalue weighted by molar-refractivity contribution is 0.231. The van der Waals surface area contributed by atoms with Gasteiger partial charge in [0.1, 0.15) is 5.76 Å².